The molecule has 0 spiro atoms. The van der Waals surface area contributed by atoms with Gasteiger partial charge >= 0.3 is 6.03 Å². The largest absolute Gasteiger partial charge is 0.326 e. The van der Waals surface area contributed by atoms with Crippen molar-refractivity contribution in [2.24, 2.45) is 0 Å². The summed E-state index contributed by atoms with van der Waals surface area (Å²) in [6, 6.07) is 32.4. The van der Waals surface area contributed by atoms with Gasteiger partial charge in [0.05, 0.1) is 22.7 Å². The lowest BCUT2D eigenvalue weighted by molar-refractivity contribution is -0.115. The fourth-order valence-electron chi connectivity index (χ4n) is 5.39. The van der Waals surface area contributed by atoms with Crippen molar-refractivity contribution in [2.75, 3.05) is 15.5 Å². The SMILES string of the molecule is O=C(Nc1nc(-c2ccccc2Cl)cs1)C(Sc1cccc(NC(=O)N2c3ccccc3SC3C=CC=CC32)c1)c1ccccc1. The lowest BCUT2D eigenvalue weighted by atomic mass is 10.1. The zero-order valence-corrected chi connectivity index (χ0v) is 27.5. The number of nitrogens with one attached hydrogen (secondary N) is 2. The van der Waals surface area contributed by atoms with E-state index in [0.29, 0.717) is 21.5 Å². The molecule has 10 heteroatoms. The van der Waals surface area contributed by atoms with E-state index >= 15 is 0 Å². The molecule has 1 aliphatic heterocycles. The summed E-state index contributed by atoms with van der Waals surface area (Å²) >= 11 is 10.9. The van der Waals surface area contributed by atoms with Gasteiger partial charge in [0, 0.05) is 31.4 Å². The smallest absolute Gasteiger partial charge is 0.307 e. The molecule has 3 unspecified atom stereocenters. The Balaban J connectivity index is 1.11. The van der Waals surface area contributed by atoms with Crippen molar-refractivity contribution in [3.8, 4) is 11.3 Å². The highest BCUT2D eigenvalue weighted by Crippen LogP contribution is 2.44. The molecule has 2 aliphatic rings. The first-order valence-corrected chi connectivity index (χ1v) is 17.6. The minimum Gasteiger partial charge on any atom is -0.307 e. The van der Waals surface area contributed by atoms with Gasteiger partial charge in [-0.25, -0.2) is 9.78 Å². The number of hydrogen-bond acceptors (Lipinski definition) is 6. The highest BCUT2D eigenvalue weighted by molar-refractivity contribution is 8.00. The molecule has 0 saturated heterocycles. The van der Waals surface area contributed by atoms with Gasteiger partial charge in [-0.2, -0.15) is 0 Å². The third kappa shape index (κ3) is 6.50. The molecule has 2 heterocycles. The molecule has 46 heavy (non-hydrogen) atoms. The van der Waals surface area contributed by atoms with Crippen LogP contribution in [0.3, 0.4) is 0 Å². The number of halogens is 1. The van der Waals surface area contributed by atoms with Gasteiger partial charge in [0.1, 0.15) is 5.25 Å². The summed E-state index contributed by atoms with van der Waals surface area (Å²) < 4.78 is 0. The molecule has 1 aliphatic carbocycles. The summed E-state index contributed by atoms with van der Waals surface area (Å²) in [4.78, 5) is 36.0. The summed E-state index contributed by atoms with van der Waals surface area (Å²) in [5, 5.41) is 8.68. The van der Waals surface area contributed by atoms with Crippen molar-refractivity contribution in [2.45, 2.75) is 26.3 Å². The summed E-state index contributed by atoms with van der Waals surface area (Å²) in [6.45, 7) is 0. The predicted octanol–water partition coefficient (Wildman–Crippen LogP) is 9.94. The highest BCUT2D eigenvalue weighted by atomic mass is 35.5. The molecule has 1 aromatic heterocycles. The number of para-hydroxylation sites is 1. The van der Waals surface area contributed by atoms with Gasteiger partial charge in [-0.15, -0.1) is 34.9 Å². The van der Waals surface area contributed by atoms with E-state index in [1.807, 2.05) is 119 Å². The minimum absolute atomic E-state index is 0.0992. The van der Waals surface area contributed by atoms with E-state index in [1.165, 1.54) is 23.1 Å². The quantitative estimate of drug-likeness (QED) is 0.168. The zero-order chi connectivity index (χ0) is 31.5. The molecule has 228 valence electrons. The van der Waals surface area contributed by atoms with Crippen LogP contribution in [0.15, 0.2) is 143 Å². The first kappa shape index (κ1) is 30.4. The van der Waals surface area contributed by atoms with E-state index in [2.05, 4.69) is 33.8 Å². The van der Waals surface area contributed by atoms with Gasteiger partial charge in [0.25, 0.3) is 0 Å². The van der Waals surface area contributed by atoms with Gasteiger partial charge in [-0.05, 0) is 42.0 Å². The van der Waals surface area contributed by atoms with Crippen LogP contribution in [0.25, 0.3) is 11.3 Å². The first-order chi connectivity index (χ1) is 22.5. The van der Waals surface area contributed by atoms with Crippen molar-refractivity contribution in [1.29, 1.82) is 0 Å². The number of nitrogens with zero attached hydrogens (tertiary/aromatic N) is 2. The summed E-state index contributed by atoms with van der Waals surface area (Å²) in [5.41, 5.74) is 3.91. The van der Waals surface area contributed by atoms with Crippen molar-refractivity contribution >= 4 is 74.9 Å². The topological polar surface area (TPSA) is 74.3 Å². The number of carbonyl (C=O) groups is 2. The Morgan fingerprint density at radius 2 is 1.65 bits per heavy atom. The third-order valence-electron chi connectivity index (χ3n) is 7.53. The van der Waals surface area contributed by atoms with E-state index in [4.69, 9.17) is 11.6 Å². The van der Waals surface area contributed by atoms with Crippen LogP contribution in [0.5, 0.6) is 0 Å². The second kappa shape index (κ2) is 13.6. The molecule has 3 atom stereocenters. The molecule has 5 aromatic rings. The number of carbonyl (C=O) groups excluding carboxylic acids is 2. The second-order valence-corrected chi connectivity index (χ2v) is 14.2. The average molecular weight is 679 g/mol. The monoisotopic (exact) mass is 678 g/mol. The lowest BCUT2D eigenvalue weighted by Crippen LogP contribution is -2.49. The van der Waals surface area contributed by atoms with Crippen molar-refractivity contribution in [1.82, 2.24) is 4.98 Å². The number of amides is 3. The Labute approximate surface area is 284 Å². The third-order valence-corrected chi connectivity index (χ3v) is 11.2. The standard InChI is InChI=1S/C36H27ClN4O2S3/c37-27-16-5-4-15-26(27)28-22-44-35(39-28)40-34(42)33(23-11-2-1-3-12-23)45-25-14-10-13-24(21-25)38-36(43)41-29-17-6-8-19-31(29)46-32-20-9-7-18-30(32)41/h1-22,29,31,33H,(H,38,43)(H,39,40,42). The van der Waals surface area contributed by atoms with Crippen LogP contribution in [0, 0.1) is 0 Å². The molecule has 0 bridgehead atoms. The molecular weight excluding hydrogens is 652 g/mol. The summed E-state index contributed by atoms with van der Waals surface area (Å²) in [7, 11) is 0. The van der Waals surface area contributed by atoms with Crippen LogP contribution in [-0.4, -0.2) is 28.2 Å². The van der Waals surface area contributed by atoms with E-state index in [9.17, 15) is 9.59 Å². The number of aromatic nitrogens is 1. The van der Waals surface area contributed by atoms with Gasteiger partial charge in [0.2, 0.25) is 5.91 Å². The average Bonchev–Trinajstić information content (AvgIpc) is 3.54. The van der Waals surface area contributed by atoms with Gasteiger partial charge in [0.15, 0.2) is 5.13 Å². The first-order valence-electron chi connectivity index (χ1n) is 14.6. The highest BCUT2D eigenvalue weighted by Gasteiger charge is 2.36. The number of urea groups is 1. The minimum atomic E-state index is -0.564. The number of thioether (sulfide) groups is 2. The number of anilines is 3. The Hall–Kier alpha value is -4.28. The fraction of sp³-hybridized carbons (Fsp3) is 0.0833. The number of thiazole rings is 1. The zero-order valence-electron chi connectivity index (χ0n) is 24.2. The van der Waals surface area contributed by atoms with Crippen LogP contribution in [0.2, 0.25) is 5.02 Å². The van der Waals surface area contributed by atoms with Gasteiger partial charge in [-0.3, -0.25) is 9.69 Å². The molecule has 6 nitrogen and oxygen atoms in total. The molecule has 0 radical (unpaired) electrons. The van der Waals surface area contributed by atoms with Crippen molar-refractivity contribution in [3.63, 3.8) is 0 Å². The normalized spacial score (nSPS) is 17.1. The van der Waals surface area contributed by atoms with E-state index in [-0.39, 0.29) is 23.2 Å². The molecule has 7 rings (SSSR count). The number of allylic oxidation sites excluding steroid dienone is 2. The Kier molecular flexibility index (Phi) is 8.98. The van der Waals surface area contributed by atoms with Gasteiger partial charge in [-0.1, -0.05) is 103 Å². The molecule has 0 fully saturated rings. The Bertz CT molecular complexity index is 1960. The summed E-state index contributed by atoms with van der Waals surface area (Å²) in [6.07, 6.45) is 8.24. The van der Waals surface area contributed by atoms with Crippen LogP contribution >= 0.6 is 46.5 Å². The lowest BCUT2D eigenvalue weighted by Gasteiger charge is -2.40. The molecular formula is C36H27ClN4O2S3. The molecule has 2 N–H and O–H groups in total. The number of rotatable bonds is 7. The Morgan fingerprint density at radius 1 is 0.870 bits per heavy atom. The summed E-state index contributed by atoms with van der Waals surface area (Å²) in [5.74, 6) is -0.198. The molecule has 3 amide bonds. The van der Waals surface area contributed by atoms with Crippen molar-refractivity contribution in [3.05, 3.63) is 143 Å². The second-order valence-electron chi connectivity index (χ2n) is 10.6. The molecule has 4 aromatic carbocycles. The van der Waals surface area contributed by atoms with Gasteiger partial charge < -0.3 is 10.6 Å². The number of fused-ring (bicyclic) bond motifs is 2. The number of hydrogen-bond donors (Lipinski definition) is 2. The maximum atomic E-state index is 13.8. The van der Waals surface area contributed by atoms with Crippen LogP contribution in [-0.2, 0) is 4.79 Å². The predicted molar refractivity (Wildman–Crippen MR) is 192 cm³/mol. The maximum Gasteiger partial charge on any atom is 0.326 e. The van der Waals surface area contributed by atoms with E-state index in [1.54, 1.807) is 11.8 Å². The van der Waals surface area contributed by atoms with Crippen LogP contribution in [0.4, 0.5) is 21.3 Å². The van der Waals surface area contributed by atoms with Crippen molar-refractivity contribution < 1.29 is 9.59 Å². The molecule has 0 saturated carbocycles. The van der Waals surface area contributed by atoms with E-state index in [0.717, 1.165) is 26.6 Å². The van der Waals surface area contributed by atoms with E-state index < -0.39 is 5.25 Å². The number of benzene rings is 4. The maximum absolute atomic E-state index is 13.8. The Morgan fingerprint density at radius 3 is 2.52 bits per heavy atom. The van der Waals surface area contributed by atoms with Crippen LogP contribution < -0.4 is 15.5 Å². The fourth-order valence-corrected chi connectivity index (χ4v) is 8.68. The van der Waals surface area contributed by atoms with Crippen LogP contribution in [0.1, 0.15) is 10.8 Å².